The Morgan fingerprint density at radius 2 is 1.33 bits per heavy atom. The molecule has 0 saturated carbocycles. The average molecular weight is 260 g/mol. The van der Waals surface area contributed by atoms with Crippen molar-refractivity contribution in [3.05, 3.63) is 0 Å². The van der Waals surface area contributed by atoms with Crippen molar-refractivity contribution in [2.24, 2.45) is 5.92 Å². The maximum absolute atomic E-state index is 10.6. The number of hydrogen-bond acceptors (Lipinski definition) is 3. The number of rotatable bonds is 11. The second-order valence-corrected chi connectivity index (χ2v) is 4.63. The average Bonchev–Trinajstić information content (AvgIpc) is 2.26. The fourth-order valence-electron chi connectivity index (χ4n) is 1.91. The molecule has 0 spiro atoms. The van der Waals surface area contributed by atoms with E-state index in [1.54, 1.807) is 0 Å². The van der Waals surface area contributed by atoms with E-state index < -0.39 is 24.0 Å². The van der Waals surface area contributed by atoms with Crippen molar-refractivity contribution in [2.45, 2.75) is 64.4 Å². The SMILES string of the molecule is CCCCCCCCCC(O)C(C(=O)O)C(=O)O. The van der Waals surface area contributed by atoms with E-state index in [4.69, 9.17) is 10.2 Å². The van der Waals surface area contributed by atoms with E-state index in [0.29, 0.717) is 6.42 Å². The Labute approximate surface area is 108 Å². The predicted octanol–water partition coefficient (Wildman–Crippen LogP) is 2.27. The van der Waals surface area contributed by atoms with Gasteiger partial charge in [0.2, 0.25) is 0 Å². The topological polar surface area (TPSA) is 94.8 Å². The van der Waals surface area contributed by atoms with Crippen LogP contribution in [0.5, 0.6) is 0 Å². The normalized spacial score (nSPS) is 12.6. The molecule has 1 atom stereocenters. The van der Waals surface area contributed by atoms with E-state index in [1.807, 2.05) is 0 Å². The molecule has 0 bridgehead atoms. The van der Waals surface area contributed by atoms with Crippen LogP contribution in [-0.4, -0.2) is 33.4 Å². The smallest absolute Gasteiger partial charge is 0.320 e. The van der Waals surface area contributed by atoms with Crippen LogP contribution in [0, 0.1) is 5.92 Å². The first kappa shape index (κ1) is 16.9. The van der Waals surface area contributed by atoms with Crippen LogP contribution in [0.25, 0.3) is 0 Å². The maximum atomic E-state index is 10.6. The van der Waals surface area contributed by atoms with E-state index >= 15 is 0 Å². The molecule has 106 valence electrons. The minimum atomic E-state index is -1.70. The quantitative estimate of drug-likeness (QED) is 0.391. The second-order valence-electron chi connectivity index (χ2n) is 4.63. The largest absolute Gasteiger partial charge is 0.481 e. The van der Waals surface area contributed by atoms with Crippen LogP contribution in [0.2, 0.25) is 0 Å². The minimum absolute atomic E-state index is 0.233. The van der Waals surface area contributed by atoms with E-state index in [2.05, 4.69) is 6.92 Å². The molecule has 0 aromatic rings. The van der Waals surface area contributed by atoms with Crippen molar-refractivity contribution in [3.8, 4) is 0 Å². The van der Waals surface area contributed by atoms with E-state index in [0.717, 1.165) is 19.3 Å². The van der Waals surface area contributed by atoms with E-state index in [9.17, 15) is 14.7 Å². The first-order valence-corrected chi connectivity index (χ1v) is 6.64. The minimum Gasteiger partial charge on any atom is -0.481 e. The fraction of sp³-hybridized carbons (Fsp3) is 0.846. The van der Waals surface area contributed by atoms with Gasteiger partial charge in [-0.2, -0.15) is 0 Å². The lowest BCUT2D eigenvalue weighted by atomic mass is 9.97. The van der Waals surface area contributed by atoms with Gasteiger partial charge in [0.05, 0.1) is 6.10 Å². The molecule has 0 fully saturated rings. The lowest BCUT2D eigenvalue weighted by Gasteiger charge is -2.14. The lowest BCUT2D eigenvalue weighted by molar-refractivity contribution is -0.160. The molecule has 0 rings (SSSR count). The summed E-state index contributed by atoms with van der Waals surface area (Å²) in [6.45, 7) is 2.15. The van der Waals surface area contributed by atoms with Gasteiger partial charge in [-0.05, 0) is 6.42 Å². The summed E-state index contributed by atoms with van der Waals surface area (Å²) < 4.78 is 0. The molecule has 0 amide bonds. The Hall–Kier alpha value is -1.10. The molecule has 18 heavy (non-hydrogen) atoms. The molecule has 0 aromatic heterocycles. The number of aliphatic carboxylic acids is 2. The van der Waals surface area contributed by atoms with Crippen LogP contribution >= 0.6 is 0 Å². The third kappa shape index (κ3) is 7.27. The first-order valence-electron chi connectivity index (χ1n) is 6.64. The monoisotopic (exact) mass is 260 g/mol. The van der Waals surface area contributed by atoms with Crippen LogP contribution in [-0.2, 0) is 9.59 Å². The molecule has 5 heteroatoms. The van der Waals surface area contributed by atoms with Gasteiger partial charge in [-0.1, -0.05) is 51.9 Å². The van der Waals surface area contributed by atoms with Crippen LogP contribution < -0.4 is 0 Å². The highest BCUT2D eigenvalue weighted by molar-refractivity contribution is 5.93. The van der Waals surface area contributed by atoms with Crippen molar-refractivity contribution in [2.75, 3.05) is 0 Å². The van der Waals surface area contributed by atoms with Crippen molar-refractivity contribution >= 4 is 11.9 Å². The van der Waals surface area contributed by atoms with E-state index in [1.165, 1.54) is 19.3 Å². The highest BCUT2D eigenvalue weighted by atomic mass is 16.4. The Morgan fingerprint density at radius 1 is 0.889 bits per heavy atom. The summed E-state index contributed by atoms with van der Waals surface area (Å²) in [7, 11) is 0. The van der Waals surface area contributed by atoms with Crippen LogP contribution in [0.4, 0.5) is 0 Å². The fourth-order valence-corrected chi connectivity index (χ4v) is 1.91. The Morgan fingerprint density at radius 3 is 1.78 bits per heavy atom. The van der Waals surface area contributed by atoms with Gasteiger partial charge >= 0.3 is 11.9 Å². The van der Waals surface area contributed by atoms with Crippen LogP contribution in [0.1, 0.15) is 58.3 Å². The summed E-state index contributed by atoms with van der Waals surface area (Å²) in [5.74, 6) is -4.65. The Bertz CT molecular complexity index is 238. The van der Waals surface area contributed by atoms with Crippen molar-refractivity contribution in [1.82, 2.24) is 0 Å². The van der Waals surface area contributed by atoms with Gasteiger partial charge in [-0.3, -0.25) is 9.59 Å². The third-order valence-electron chi connectivity index (χ3n) is 3.02. The summed E-state index contributed by atoms with van der Waals surface area (Å²) in [5.41, 5.74) is 0. The summed E-state index contributed by atoms with van der Waals surface area (Å²) in [6, 6.07) is 0. The summed E-state index contributed by atoms with van der Waals surface area (Å²) in [5, 5.41) is 26.9. The molecule has 0 saturated heterocycles. The molecule has 5 nitrogen and oxygen atoms in total. The van der Waals surface area contributed by atoms with Gasteiger partial charge in [0, 0.05) is 0 Å². The molecular formula is C13H24O5. The lowest BCUT2D eigenvalue weighted by Crippen LogP contribution is -2.34. The van der Waals surface area contributed by atoms with Crippen LogP contribution in [0.15, 0.2) is 0 Å². The first-order chi connectivity index (χ1) is 8.50. The summed E-state index contributed by atoms with van der Waals surface area (Å²) in [6.07, 6.45) is 6.33. The Kier molecular flexibility index (Phi) is 9.28. The molecule has 0 aromatic carbocycles. The molecular weight excluding hydrogens is 236 g/mol. The maximum Gasteiger partial charge on any atom is 0.320 e. The third-order valence-corrected chi connectivity index (χ3v) is 3.02. The van der Waals surface area contributed by atoms with Gasteiger partial charge in [-0.15, -0.1) is 0 Å². The number of unbranched alkanes of at least 4 members (excludes halogenated alkanes) is 6. The number of carboxylic acid groups (broad SMARTS) is 2. The van der Waals surface area contributed by atoms with Crippen LogP contribution in [0.3, 0.4) is 0 Å². The number of hydrogen-bond donors (Lipinski definition) is 3. The van der Waals surface area contributed by atoms with Gasteiger partial charge in [0.1, 0.15) is 0 Å². The van der Waals surface area contributed by atoms with Gasteiger partial charge < -0.3 is 15.3 Å². The van der Waals surface area contributed by atoms with Gasteiger partial charge in [-0.25, -0.2) is 0 Å². The number of carboxylic acids is 2. The number of aliphatic hydroxyl groups is 1. The van der Waals surface area contributed by atoms with Gasteiger partial charge in [0.15, 0.2) is 5.92 Å². The second kappa shape index (κ2) is 9.88. The standard InChI is InChI=1S/C13H24O5/c1-2-3-4-5-6-7-8-9-10(14)11(12(15)16)13(17)18/h10-11,14H,2-9H2,1H3,(H,15,16)(H,17,18). The highest BCUT2D eigenvalue weighted by Gasteiger charge is 2.33. The number of aliphatic hydroxyl groups excluding tert-OH is 1. The zero-order chi connectivity index (χ0) is 14.0. The van der Waals surface area contributed by atoms with Gasteiger partial charge in [0.25, 0.3) is 0 Å². The molecule has 0 radical (unpaired) electrons. The zero-order valence-electron chi connectivity index (χ0n) is 11.0. The molecule has 0 aliphatic carbocycles. The van der Waals surface area contributed by atoms with E-state index in [-0.39, 0.29) is 6.42 Å². The Balaban J connectivity index is 3.71. The zero-order valence-corrected chi connectivity index (χ0v) is 11.0. The molecule has 0 aliphatic heterocycles. The highest BCUT2D eigenvalue weighted by Crippen LogP contribution is 2.14. The molecule has 1 unspecified atom stereocenters. The van der Waals surface area contributed by atoms with Crippen molar-refractivity contribution in [1.29, 1.82) is 0 Å². The molecule has 0 heterocycles. The summed E-state index contributed by atoms with van der Waals surface area (Å²) in [4.78, 5) is 21.3. The number of carbonyl (C=O) groups is 2. The summed E-state index contributed by atoms with van der Waals surface area (Å²) >= 11 is 0. The van der Waals surface area contributed by atoms with Crippen molar-refractivity contribution in [3.63, 3.8) is 0 Å². The molecule has 0 aliphatic rings. The molecule has 3 N–H and O–H groups in total. The van der Waals surface area contributed by atoms with Crippen molar-refractivity contribution < 1.29 is 24.9 Å². The predicted molar refractivity (Wildman–Crippen MR) is 67.4 cm³/mol.